The summed E-state index contributed by atoms with van der Waals surface area (Å²) >= 11 is 1.61. The van der Waals surface area contributed by atoms with Crippen LogP contribution in [-0.4, -0.2) is 46.0 Å². The summed E-state index contributed by atoms with van der Waals surface area (Å²) in [7, 11) is 0. The number of hydrogen-bond donors (Lipinski definition) is 1. The highest BCUT2D eigenvalue weighted by atomic mass is 32.2. The molecule has 0 radical (unpaired) electrons. The van der Waals surface area contributed by atoms with Crippen LogP contribution in [0.3, 0.4) is 0 Å². The van der Waals surface area contributed by atoms with Crippen LogP contribution in [0.4, 0.5) is 5.69 Å². The first-order chi connectivity index (χ1) is 13.6. The third-order valence-electron chi connectivity index (χ3n) is 5.70. The van der Waals surface area contributed by atoms with E-state index in [0.717, 1.165) is 23.2 Å². The minimum Gasteiger partial charge on any atom is -0.454 e. The quantitative estimate of drug-likeness (QED) is 0.710. The zero-order chi connectivity index (χ0) is 21.3. The maximum atomic E-state index is 12.6. The fourth-order valence-electron chi connectivity index (χ4n) is 4.10. The molecule has 0 spiro atoms. The third kappa shape index (κ3) is 4.29. The molecular weight excluding hydrogens is 388 g/mol. The fourth-order valence-corrected chi connectivity index (χ4v) is 5.52. The monoisotopic (exact) mass is 418 g/mol. The van der Waals surface area contributed by atoms with Gasteiger partial charge in [-0.3, -0.25) is 9.59 Å². The Morgan fingerprint density at radius 3 is 2.45 bits per heavy atom. The summed E-state index contributed by atoms with van der Waals surface area (Å²) in [4.78, 5) is 38.6. The Bertz CT molecular complexity index is 797. The zero-order valence-corrected chi connectivity index (χ0v) is 18.6. The minimum absolute atomic E-state index is 0.0173. The van der Waals surface area contributed by atoms with Gasteiger partial charge in [0, 0.05) is 17.9 Å². The number of benzene rings is 1. The van der Waals surface area contributed by atoms with Crippen LogP contribution in [-0.2, 0) is 19.1 Å². The standard InChI is InChI=1S/C22H30N2O4S/c1-13(2)15-7-6-8-16(14(3)4)20(15)23-18(25)11-28-21(27)17-12-29-22(5)10-9-19(26)24(17)22/h6-8,13-14,17H,9-12H2,1-5H3,(H,23,25)/t17-,22-/m1/s1. The van der Waals surface area contributed by atoms with Crippen molar-refractivity contribution in [3.8, 4) is 0 Å². The third-order valence-corrected chi connectivity index (χ3v) is 7.20. The summed E-state index contributed by atoms with van der Waals surface area (Å²) < 4.78 is 5.30. The number of nitrogens with one attached hydrogen (secondary N) is 1. The summed E-state index contributed by atoms with van der Waals surface area (Å²) in [6.45, 7) is 9.95. The van der Waals surface area contributed by atoms with Crippen LogP contribution in [0.25, 0.3) is 0 Å². The minimum atomic E-state index is -0.609. The molecule has 3 rings (SSSR count). The van der Waals surface area contributed by atoms with Gasteiger partial charge in [-0.25, -0.2) is 4.79 Å². The highest BCUT2D eigenvalue weighted by Gasteiger charge is 2.53. The van der Waals surface area contributed by atoms with Crippen molar-refractivity contribution in [1.29, 1.82) is 0 Å². The van der Waals surface area contributed by atoms with Gasteiger partial charge in [0.2, 0.25) is 5.91 Å². The van der Waals surface area contributed by atoms with E-state index in [4.69, 9.17) is 4.74 Å². The highest BCUT2D eigenvalue weighted by Crippen LogP contribution is 2.47. The van der Waals surface area contributed by atoms with Gasteiger partial charge in [-0.1, -0.05) is 45.9 Å². The molecule has 0 bridgehead atoms. The van der Waals surface area contributed by atoms with Gasteiger partial charge in [0.1, 0.15) is 6.04 Å². The topological polar surface area (TPSA) is 75.7 Å². The molecule has 2 aliphatic heterocycles. The van der Waals surface area contributed by atoms with Crippen molar-refractivity contribution in [3.05, 3.63) is 29.3 Å². The van der Waals surface area contributed by atoms with Crippen molar-refractivity contribution in [2.75, 3.05) is 17.7 Å². The molecule has 29 heavy (non-hydrogen) atoms. The molecule has 2 saturated heterocycles. The number of fused-ring (bicyclic) bond motifs is 1. The molecule has 0 aliphatic carbocycles. The molecule has 6 nitrogen and oxygen atoms in total. The first kappa shape index (κ1) is 21.7. The van der Waals surface area contributed by atoms with Gasteiger partial charge >= 0.3 is 5.97 Å². The largest absolute Gasteiger partial charge is 0.454 e. The lowest BCUT2D eigenvalue weighted by Crippen LogP contribution is -2.47. The summed E-state index contributed by atoms with van der Waals surface area (Å²) in [6.07, 6.45) is 1.20. The Hall–Kier alpha value is -2.02. The fraction of sp³-hybridized carbons (Fsp3) is 0.591. The van der Waals surface area contributed by atoms with Crippen molar-refractivity contribution < 1.29 is 19.1 Å². The van der Waals surface area contributed by atoms with E-state index in [9.17, 15) is 14.4 Å². The molecule has 2 atom stereocenters. The second-order valence-corrected chi connectivity index (χ2v) is 10.0. The molecule has 0 saturated carbocycles. The maximum absolute atomic E-state index is 12.6. The van der Waals surface area contributed by atoms with Gasteiger partial charge in [-0.05, 0) is 36.3 Å². The van der Waals surface area contributed by atoms with E-state index >= 15 is 0 Å². The number of carbonyl (C=O) groups is 3. The van der Waals surface area contributed by atoms with Gasteiger partial charge in [0.05, 0.1) is 4.87 Å². The molecule has 158 valence electrons. The molecule has 2 fully saturated rings. The van der Waals surface area contributed by atoms with Gasteiger partial charge < -0.3 is 15.0 Å². The predicted molar refractivity (Wildman–Crippen MR) is 115 cm³/mol. The first-order valence-electron chi connectivity index (χ1n) is 10.2. The summed E-state index contributed by atoms with van der Waals surface area (Å²) in [5, 5.41) is 2.95. The van der Waals surface area contributed by atoms with Crippen molar-refractivity contribution in [3.63, 3.8) is 0 Å². The van der Waals surface area contributed by atoms with E-state index in [1.165, 1.54) is 0 Å². The van der Waals surface area contributed by atoms with Gasteiger partial charge in [0.15, 0.2) is 6.61 Å². The molecule has 0 aromatic heterocycles. The van der Waals surface area contributed by atoms with Crippen LogP contribution in [0.15, 0.2) is 18.2 Å². The summed E-state index contributed by atoms with van der Waals surface area (Å²) in [6, 6.07) is 5.41. The Morgan fingerprint density at radius 1 is 1.24 bits per heavy atom. The van der Waals surface area contributed by atoms with E-state index in [-0.39, 0.29) is 35.1 Å². The number of ether oxygens (including phenoxy) is 1. The second kappa shape index (κ2) is 8.38. The SMILES string of the molecule is CC(C)c1cccc(C(C)C)c1NC(=O)COC(=O)[C@H]1CS[C@]2(C)CCC(=O)N12. The van der Waals surface area contributed by atoms with Crippen LogP contribution in [0, 0.1) is 0 Å². The number of para-hydroxylation sites is 1. The van der Waals surface area contributed by atoms with Crippen LogP contribution < -0.4 is 5.32 Å². The van der Waals surface area contributed by atoms with Gasteiger partial charge in [0.25, 0.3) is 5.91 Å². The lowest BCUT2D eigenvalue weighted by atomic mass is 9.92. The van der Waals surface area contributed by atoms with Crippen molar-refractivity contribution in [1.82, 2.24) is 4.90 Å². The number of hydrogen-bond acceptors (Lipinski definition) is 5. The van der Waals surface area contributed by atoms with Crippen molar-refractivity contribution in [2.45, 2.75) is 70.2 Å². The Morgan fingerprint density at radius 2 is 1.86 bits per heavy atom. The molecule has 2 heterocycles. The molecular formula is C22H30N2O4S. The zero-order valence-electron chi connectivity index (χ0n) is 17.8. The number of nitrogens with zero attached hydrogens (tertiary/aromatic N) is 1. The van der Waals surface area contributed by atoms with E-state index in [1.54, 1.807) is 16.7 Å². The van der Waals surface area contributed by atoms with E-state index in [2.05, 4.69) is 33.0 Å². The number of thioether (sulfide) groups is 1. The van der Waals surface area contributed by atoms with E-state index < -0.39 is 12.0 Å². The average Bonchev–Trinajstić information content (AvgIpc) is 3.15. The molecule has 1 N–H and O–H groups in total. The van der Waals surface area contributed by atoms with Crippen molar-refractivity contribution >= 4 is 35.2 Å². The second-order valence-electron chi connectivity index (χ2n) is 8.54. The van der Waals surface area contributed by atoms with Crippen LogP contribution in [0.1, 0.15) is 70.4 Å². The maximum Gasteiger partial charge on any atom is 0.330 e. The lowest BCUT2D eigenvalue weighted by Gasteiger charge is -2.29. The Kier molecular flexibility index (Phi) is 6.27. The molecule has 2 amide bonds. The van der Waals surface area contributed by atoms with Crippen LogP contribution in [0.5, 0.6) is 0 Å². The highest BCUT2D eigenvalue weighted by molar-refractivity contribution is 8.01. The molecule has 1 aromatic carbocycles. The summed E-state index contributed by atoms with van der Waals surface area (Å²) in [5.74, 6) is 0.122. The smallest absolute Gasteiger partial charge is 0.330 e. The molecule has 2 aliphatic rings. The number of amides is 2. The van der Waals surface area contributed by atoms with Crippen LogP contribution >= 0.6 is 11.8 Å². The van der Waals surface area contributed by atoms with E-state index in [0.29, 0.717) is 12.2 Å². The number of carbonyl (C=O) groups excluding carboxylic acids is 3. The molecule has 1 aromatic rings. The summed E-state index contributed by atoms with van der Waals surface area (Å²) in [5.41, 5.74) is 2.92. The number of anilines is 1. The number of rotatable bonds is 6. The average molecular weight is 419 g/mol. The molecule has 7 heteroatoms. The number of esters is 1. The Balaban J connectivity index is 1.65. The lowest BCUT2D eigenvalue weighted by molar-refractivity contribution is -0.155. The first-order valence-corrected chi connectivity index (χ1v) is 11.2. The van der Waals surface area contributed by atoms with Gasteiger partial charge in [-0.15, -0.1) is 11.8 Å². The van der Waals surface area contributed by atoms with Crippen LogP contribution in [0.2, 0.25) is 0 Å². The normalized spacial score (nSPS) is 23.6. The van der Waals surface area contributed by atoms with E-state index in [1.807, 2.05) is 25.1 Å². The Labute approximate surface area is 176 Å². The van der Waals surface area contributed by atoms with Crippen molar-refractivity contribution in [2.24, 2.45) is 0 Å². The van der Waals surface area contributed by atoms with Gasteiger partial charge in [-0.2, -0.15) is 0 Å². The predicted octanol–water partition coefficient (Wildman–Crippen LogP) is 3.87. The molecule has 0 unspecified atom stereocenters.